The largest absolute Gasteiger partial charge is 0.461 e. The van der Waals surface area contributed by atoms with Crippen LogP contribution in [0.25, 0.3) is 0 Å². The molecular weight excluding hydrogens is 379 g/mol. The van der Waals surface area contributed by atoms with Crippen LogP contribution in [0.2, 0.25) is 10.0 Å². The second-order valence-electron chi connectivity index (χ2n) is 4.48. The van der Waals surface area contributed by atoms with E-state index >= 15 is 0 Å². The molecule has 1 amide bonds. The Morgan fingerprint density at radius 2 is 1.92 bits per heavy atom. The lowest BCUT2D eigenvalue weighted by atomic mass is 10.2. The Morgan fingerprint density at radius 3 is 2.38 bits per heavy atom. The summed E-state index contributed by atoms with van der Waals surface area (Å²) in [6.07, 6.45) is -7.66. The number of rotatable bonds is 5. The number of ether oxygens (including phenoxy) is 1. The standard InChI is InChI=1S/C13H8Cl2F4N2O3/c1-5-7(4-20-24-5)11(22)21-6-2-8(14)10(9(15)3-6)23-13(18,19)12(16)17/h2-4,12H,1H3,(H,21,22). The van der Waals surface area contributed by atoms with Gasteiger partial charge in [0.1, 0.15) is 11.3 Å². The number of aromatic nitrogens is 1. The fourth-order valence-corrected chi connectivity index (χ4v) is 2.19. The summed E-state index contributed by atoms with van der Waals surface area (Å²) in [6, 6.07) is 2.04. The predicted octanol–water partition coefficient (Wildman–Crippen LogP) is 4.78. The molecule has 0 fully saturated rings. The quantitative estimate of drug-likeness (QED) is 0.751. The Bertz CT molecular complexity index is 744. The Kier molecular flexibility index (Phi) is 5.24. The van der Waals surface area contributed by atoms with E-state index in [1.807, 2.05) is 0 Å². The first-order valence-electron chi connectivity index (χ1n) is 6.18. The minimum atomic E-state index is -4.77. The molecule has 0 radical (unpaired) electrons. The smallest absolute Gasteiger partial charge is 0.425 e. The van der Waals surface area contributed by atoms with Crippen LogP contribution in [0.15, 0.2) is 22.9 Å². The molecule has 0 saturated heterocycles. The van der Waals surface area contributed by atoms with Crippen LogP contribution in [0.3, 0.4) is 0 Å². The SMILES string of the molecule is Cc1oncc1C(=O)Nc1cc(Cl)c(OC(F)(F)C(F)F)c(Cl)c1. The molecule has 1 aromatic carbocycles. The maximum atomic E-state index is 13.0. The number of carbonyl (C=O) groups excluding carboxylic acids is 1. The first-order valence-corrected chi connectivity index (χ1v) is 6.94. The fraction of sp³-hybridized carbons (Fsp3) is 0.231. The van der Waals surface area contributed by atoms with Gasteiger partial charge in [0.25, 0.3) is 5.91 Å². The van der Waals surface area contributed by atoms with Crippen molar-refractivity contribution >= 4 is 34.8 Å². The van der Waals surface area contributed by atoms with Crippen molar-refractivity contribution in [1.29, 1.82) is 0 Å². The molecule has 0 aliphatic rings. The molecular formula is C13H8Cl2F4N2O3. The van der Waals surface area contributed by atoms with Crippen molar-refractivity contribution < 1.29 is 31.6 Å². The number of hydrogen-bond acceptors (Lipinski definition) is 4. The van der Waals surface area contributed by atoms with Crippen molar-refractivity contribution in [3.63, 3.8) is 0 Å². The van der Waals surface area contributed by atoms with Gasteiger partial charge in [0.2, 0.25) is 0 Å². The molecule has 11 heteroatoms. The molecule has 0 saturated carbocycles. The van der Waals surface area contributed by atoms with E-state index in [0.29, 0.717) is 0 Å². The molecule has 130 valence electrons. The molecule has 0 atom stereocenters. The number of hydrogen-bond donors (Lipinski definition) is 1. The average molecular weight is 387 g/mol. The number of aryl methyl sites for hydroxylation is 1. The zero-order valence-electron chi connectivity index (χ0n) is 11.7. The summed E-state index contributed by atoms with van der Waals surface area (Å²) in [6.45, 7) is 1.51. The second-order valence-corrected chi connectivity index (χ2v) is 5.30. The van der Waals surface area contributed by atoms with Gasteiger partial charge in [-0.3, -0.25) is 4.79 Å². The van der Waals surface area contributed by atoms with Crippen molar-refractivity contribution in [3.05, 3.63) is 39.7 Å². The maximum Gasteiger partial charge on any atom is 0.461 e. The van der Waals surface area contributed by atoms with Crippen LogP contribution < -0.4 is 10.1 Å². The number of benzene rings is 1. The molecule has 0 unspecified atom stereocenters. The Hall–Kier alpha value is -2.00. The fourth-order valence-electron chi connectivity index (χ4n) is 1.63. The first kappa shape index (κ1) is 18.3. The third kappa shape index (κ3) is 3.90. The van der Waals surface area contributed by atoms with Gasteiger partial charge in [-0.1, -0.05) is 28.4 Å². The van der Waals surface area contributed by atoms with E-state index in [1.54, 1.807) is 0 Å². The second kappa shape index (κ2) is 6.86. The highest BCUT2D eigenvalue weighted by Crippen LogP contribution is 2.40. The third-order valence-electron chi connectivity index (χ3n) is 2.74. The summed E-state index contributed by atoms with van der Waals surface area (Å²) in [7, 11) is 0. The van der Waals surface area contributed by atoms with Crippen molar-refractivity contribution in [3.8, 4) is 5.75 Å². The van der Waals surface area contributed by atoms with Crippen molar-refractivity contribution in [2.45, 2.75) is 19.5 Å². The van der Waals surface area contributed by atoms with E-state index in [-0.39, 0.29) is 17.0 Å². The van der Waals surface area contributed by atoms with Gasteiger partial charge in [0.05, 0.1) is 16.2 Å². The van der Waals surface area contributed by atoms with E-state index < -0.39 is 34.2 Å². The van der Waals surface area contributed by atoms with E-state index in [9.17, 15) is 22.4 Å². The lowest BCUT2D eigenvalue weighted by Crippen LogP contribution is -2.33. The average Bonchev–Trinajstić information content (AvgIpc) is 2.89. The molecule has 24 heavy (non-hydrogen) atoms. The summed E-state index contributed by atoms with van der Waals surface area (Å²) in [4.78, 5) is 12.0. The normalized spacial score (nSPS) is 11.7. The highest BCUT2D eigenvalue weighted by molar-refractivity contribution is 6.37. The summed E-state index contributed by atoms with van der Waals surface area (Å²) in [5.41, 5.74) is 0.162. The molecule has 0 spiro atoms. The highest BCUT2D eigenvalue weighted by Gasteiger charge is 2.44. The molecule has 0 aliphatic heterocycles. The van der Waals surface area contributed by atoms with Gasteiger partial charge in [-0.15, -0.1) is 0 Å². The number of carbonyl (C=O) groups is 1. The highest BCUT2D eigenvalue weighted by atomic mass is 35.5. The number of nitrogens with one attached hydrogen (secondary N) is 1. The molecule has 0 aliphatic carbocycles. The van der Waals surface area contributed by atoms with Crippen LogP contribution in [0, 0.1) is 6.92 Å². The van der Waals surface area contributed by atoms with Gasteiger partial charge in [-0.2, -0.15) is 17.6 Å². The van der Waals surface area contributed by atoms with Gasteiger partial charge in [0.15, 0.2) is 5.75 Å². The van der Waals surface area contributed by atoms with Gasteiger partial charge in [-0.25, -0.2) is 0 Å². The van der Waals surface area contributed by atoms with Crippen LogP contribution in [-0.2, 0) is 0 Å². The van der Waals surface area contributed by atoms with E-state index in [1.165, 1.54) is 13.1 Å². The van der Waals surface area contributed by atoms with E-state index in [4.69, 9.17) is 27.7 Å². The Morgan fingerprint density at radius 1 is 1.33 bits per heavy atom. The topological polar surface area (TPSA) is 64.4 Å². The summed E-state index contributed by atoms with van der Waals surface area (Å²) in [5, 5.41) is 4.84. The van der Waals surface area contributed by atoms with Crippen LogP contribution >= 0.6 is 23.2 Å². The van der Waals surface area contributed by atoms with Crippen LogP contribution in [0.1, 0.15) is 16.1 Å². The van der Waals surface area contributed by atoms with Crippen LogP contribution in [0.5, 0.6) is 5.75 Å². The van der Waals surface area contributed by atoms with Gasteiger partial charge in [-0.05, 0) is 19.1 Å². The number of anilines is 1. The molecule has 2 aromatic rings. The van der Waals surface area contributed by atoms with Crippen molar-refractivity contribution in [2.24, 2.45) is 0 Å². The van der Waals surface area contributed by atoms with E-state index in [0.717, 1.165) is 12.1 Å². The minimum Gasteiger partial charge on any atom is -0.425 e. The van der Waals surface area contributed by atoms with Crippen molar-refractivity contribution in [1.82, 2.24) is 5.16 Å². The number of amides is 1. The van der Waals surface area contributed by atoms with Crippen LogP contribution in [-0.4, -0.2) is 23.6 Å². The summed E-state index contributed by atoms with van der Waals surface area (Å²) < 4.78 is 58.9. The van der Waals surface area contributed by atoms with Crippen LogP contribution in [0.4, 0.5) is 23.2 Å². The predicted molar refractivity (Wildman–Crippen MR) is 77.2 cm³/mol. The van der Waals surface area contributed by atoms with E-state index in [2.05, 4.69) is 15.2 Å². The molecule has 0 bridgehead atoms. The molecule has 1 aromatic heterocycles. The maximum absolute atomic E-state index is 13.0. The molecule has 1 heterocycles. The molecule has 1 N–H and O–H groups in total. The number of nitrogens with zero attached hydrogens (tertiary/aromatic N) is 1. The van der Waals surface area contributed by atoms with Gasteiger partial charge in [0, 0.05) is 5.69 Å². The number of halogens is 6. The zero-order valence-corrected chi connectivity index (χ0v) is 13.3. The lowest BCUT2D eigenvalue weighted by molar-refractivity contribution is -0.253. The summed E-state index contributed by atoms with van der Waals surface area (Å²) in [5.74, 6) is -1.20. The summed E-state index contributed by atoms with van der Waals surface area (Å²) >= 11 is 11.4. The first-order chi connectivity index (χ1) is 11.1. The Labute approximate surface area is 142 Å². The molecule has 2 rings (SSSR count). The molecule has 5 nitrogen and oxygen atoms in total. The zero-order chi connectivity index (χ0) is 18.1. The monoisotopic (exact) mass is 386 g/mol. The van der Waals surface area contributed by atoms with Crippen molar-refractivity contribution in [2.75, 3.05) is 5.32 Å². The number of alkyl halides is 4. The Balaban J connectivity index is 2.24. The van der Waals surface area contributed by atoms with Gasteiger partial charge >= 0.3 is 12.5 Å². The lowest BCUT2D eigenvalue weighted by Gasteiger charge is -2.19. The van der Waals surface area contributed by atoms with Gasteiger partial charge < -0.3 is 14.6 Å². The third-order valence-corrected chi connectivity index (χ3v) is 3.31. The minimum absolute atomic E-state index is 0.0308.